The number of halogens is 6. The largest absolute Gasteiger partial charge is 0.497 e. The van der Waals surface area contributed by atoms with Gasteiger partial charge in [-0.25, -0.2) is 9.59 Å². The summed E-state index contributed by atoms with van der Waals surface area (Å²) in [5, 5.41) is 14.2. The van der Waals surface area contributed by atoms with Crippen LogP contribution in [0.1, 0.15) is 23.2 Å². The van der Waals surface area contributed by atoms with E-state index in [9.17, 15) is 26.3 Å². The Balaban J connectivity index is 0.000000303. The number of alkyl halides is 6. The first kappa shape index (κ1) is 33.1. The average molecular weight is 615 g/mol. The van der Waals surface area contributed by atoms with Crippen molar-refractivity contribution in [3.05, 3.63) is 83.9 Å². The van der Waals surface area contributed by atoms with Gasteiger partial charge in [0, 0.05) is 50.2 Å². The highest BCUT2D eigenvalue weighted by molar-refractivity contribution is 5.73. The quantitative estimate of drug-likeness (QED) is 0.387. The van der Waals surface area contributed by atoms with Crippen LogP contribution in [0.15, 0.2) is 67.1 Å². The zero-order chi connectivity index (χ0) is 31.8. The van der Waals surface area contributed by atoms with E-state index >= 15 is 0 Å². The highest BCUT2D eigenvalue weighted by Gasteiger charge is 2.48. The van der Waals surface area contributed by atoms with Crippen molar-refractivity contribution in [2.75, 3.05) is 31.6 Å². The maximum atomic E-state index is 10.6. The van der Waals surface area contributed by atoms with Gasteiger partial charge in [0.15, 0.2) is 0 Å². The molecule has 15 heteroatoms. The van der Waals surface area contributed by atoms with Gasteiger partial charge in [0.25, 0.3) is 0 Å². The Morgan fingerprint density at radius 2 is 1.53 bits per heavy atom. The summed E-state index contributed by atoms with van der Waals surface area (Å²) in [6.07, 6.45) is -3.29. The Morgan fingerprint density at radius 1 is 0.907 bits per heavy atom. The minimum absolute atomic E-state index is 0.109. The summed E-state index contributed by atoms with van der Waals surface area (Å²) in [5.41, 5.74) is 5.19. The molecule has 232 valence electrons. The first-order valence-corrected chi connectivity index (χ1v) is 12.7. The Morgan fingerprint density at radius 3 is 2.12 bits per heavy atom. The minimum Gasteiger partial charge on any atom is -0.497 e. The molecule has 3 aromatic rings. The molecule has 9 nitrogen and oxygen atoms in total. The number of aromatic nitrogens is 2. The fraction of sp³-hybridized carbons (Fsp3) is 0.357. The van der Waals surface area contributed by atoms with E-state index in [1.807, 2.05) is 30.7 Å². The molecule has 0 amide bonds. The molecule has 1 saturated heterocycles. The molecule has 5 rings (SSSR count). The Hall–Kier alpha value is -4.40. The SMILES string of the molecule is COc1cccc(CN2CCC3(C2)CN(Cc2cccnc2)c2cccnc23)c1.O=C(O)C(F)(F)F.O=C(O)C(F)(F)F. The molecule has 1 spiro atoms. The number of hydrogen-bond donors (Lipinski definition) is 2. The predicted molar refractivity (Wildman–Crippen MR) is 141 cm³/mol. The normalized spacial score (nSPS) is 17.8. The van der Waals surface area contributed by atoms with Crippen molar-refractivity contribution < 1.29 is 50.9 Å². The first-order valence-electron chi connectivity index (χ1n) is 12.7. The molecule has 43 heavy (non-hydrogen) atoms. The van der Waals surface area contributed by atoms with Crippen molar-refractivity contribution in [1.82, 2.24) is 14.9 Å². The maximum Gasteiger partial charge on any atom is 0.490 e. The van der Waals surface area contributed by atoms with E-state index in [-0.39, 0.29) is 5.41 Å². The van der Waals surface area contributed by atoms with Crippen molar-refractivity contribution in [3.8, 4) is 5.75 Å². The highest BCUT2D eigenvalue weighted by atomic mass is 19.4. The number of ether oxygens (including phenoxy) is 1. The molecule has 0 saturated carbocycles. The zero-order valence-corrected chi connectivity index (χ0v) is 22.8. The second-order valence-electron chi connectivity index (χ2n) is 9.79. The molecule has 1 aromatic carbocycles. The molecule has 4 heterocycles. The van der Waals surface area contributed by atoms with Gasteiger partial charge in [-0.1, -0.05) is 18.2 Å². The van der Waals surface area contributed by atoms with Gasteiger partial charge in [-0.2, -0.15) is 26.3 Å². The second-order valence-corrected chi connectivity index (χ2v) is 9.79. The number of nitrogens with zero attached hydrogens (tertiary/aromatic N) is 4. The topological polar surface area (TPSA) is 116 Å². The summed E-state index contributed by atoms with van der Waals surface area (Å²) < 4.78 is 68.9. The van der Waals surface area contributed by atoms with Crippen molar-refractivity contribution >= 4 is 17.6 Å². The number of benzene rings is 1. The summed E-state index contributed by atoms with van der Waals surface area (Å²) in [6, 6.07) is 16.8. The fourth-order valence-corrected chi connectivity index (χ4v) is 4.88. The third-order valence-electron chi connectivity index (χ3n) is 6.68. The molecule has 2 aromatic heterocycles. The second kappa shape index (κ2) is 13.7. The van der Waals surface area contributed by atoms with E-state index in [1.165, 1.54) is 22.5 Å². The number of rotatable bonds is 5. The Labute approximate surface area is 242 Å². The Bertz CT molecular complexity index is 1370. The van der Waals surface area contributed by atoms with Crippen LogP contribution in [0.4, 0.5) is 32.0 Å². The van der Waals surface area contributed by atoms with Gasteiger partial charge < -0.3 is 19.8 Å². The summed E-state index contributed by atoms with van der Waals surface area (Å²) in [6.45, 7) is 4.97. The molecular weight excluding hydrogens is 586 g/mol. The standard InChI is InChI=1S/C24H26N4O.2C2HF3O2/c1-29-21-7-2-5-19(13-21)15-27-12-9-24(17-27)18-28(16-20-6-3-10-25-14-20)22-8-4-11-26-23(22)24;2*3-2(4,5)1(6)7/h2-8,10-11,13-14H,9,12,15-18H2,1H3;2*(H,6,7). The Kier molecular flexibility index (Phi) is 10.6. The average Bonchev–Trinajstić information content (AvgIpc) is 3.49. The van der Waals surface area contributed by atoms with Crippen molar-refractivity contribution in [1.29, 1.82) is 0 Å². The molecule has 0 aliphatic carbocycles. The van der Waals surface area contributed by atoms with E-state index < -0.39 is 24.3 Å². The van der Waals surface area contributed by atoms with Gasteiger partial charge in [-0.3, -0.25) is 14.9 Å². The first-order chi connectivity index (χ1) is 20.1. The monoisotopic (exact) mass is 614 g/mol. The number of carboxylic acids is 2. The molecule has 0 bridgehead atoms. The van der Waals surface area contributed by atoms with Gasteiger partial charge in [0.1, 0.15) is 5.75 Å². The van der Waals surface area contributed by atoms with Gasteiger partial charge in [0.05, 0.1) is 18.5 Å². The summed E-state index contributed by atoms with van der Waals surface area (Å²) in [5.74, 6) is -4.59. The van der Waals surface area contributed by atoms with Gasteiger partial charge >= 0.3 is 24.3 Å². The molecule has 1 atom stereocenters. The number of carbonyl (C=O) groups is 2. The number of aliphatic carboxylic acids is 2. The van der Waals surface area contributed by atoms with E-state index in [1.54, 1.807) is 7.11 Å². The lowest BCUT2D eigenvalue weighted by molar-refractivity contribution is -0.193. The van der Waals surface area contributed by atoms with Crippen molar-refractivity contribution in [3.63, 3.8) is 0 Å². The van der Waals surface area contributed by atoms with E-state index in [0.717, 1.165) is 44.9 Å². The van der Waals surface area contributed by atoms with Crippen LogP contribution in [0.25, 0.3) is 0 Å². The van der Waals surface area contributed by atoms with Crippen molar-refractivity contribution in [2.45, 2.75) is 37.3 Å². The highest BCUT2D eigenvalue weighted by Crippen LogP contribution is 2.45. The molecule has 1 fully saturated rings. The number of methoxy groups -OCH3 is 1. The van der Waals surface area contributed by atoms with E-state index in [0.29, 0.717) is 0 Å². The smallest absolute Gasteiger partial charge is 0.490 e. The molecule has 1 unspecified atom stereocenters. The van der Waals surface area contributed by atoms with Crippen LogP contribution in [-0.2, 0) is 28.1 Å². The number of likely N-dealkylation sites (tertiary alicyclic amines) is 1. The summed E-state index contributed by atoms with van der Waals surface area (Å²) in [4.78, 5) is 32.0. The van der Waals surface area contributed by atoms with Crippen LogP contribution in [0.5, 0.6) is 5.75 Å². The summed E-state index contributed by atoms with van der Waals surface area (Å²) >= 11 is 0. The number of carboxylic acid groups (broad SMARTS) is 2. The molecule has 2 aliphatic rings. The fourth-order valence-electron chi connectivity index (χ4n) is 4.88. The molecular formula is C28H28F6N4O5. The summed E-state index contributed by atoms with van der Waals surface area (Å²) in [7, 11) is 1.72. The number of fused-ring (bicyclic) bond motifs is 2. The molecule has 2 N–H and O–H groups in total. The lowest BCUT2D eigenvalue weighted by atomic mass is 9.85. The number of hydrogen-bond acceptors (Lipinski definition) is 7. The molecule has 0 radical (unpaired) electrons. The van der Waals surface area contributed by atoms with Gasteiger partial charge in [-0.15, -0.1) is 0 Å². The third kappa shape index (κ3) is 9.04. The molecule has 2 aliphatic heterocycles. The van der Waals surface area contributed by atoms with Crippen LogP contribution in [0, 0.1) is 0 Å². The van der Waals surface area contributed by atoms with Gasteiger partial charge in [0.2, 0.25) is 0 Å². The van der Waals surface area contributed by atoms with Crippen LogP contribution < -0.4 is 9.64 Å². The maximum absolute atomic E-state index is 10.6. The van der Waals surface area contributed by atoms with E-state index in [2.05, 4.69) is 51.2 Å². The van der Waals surface area contributed by atoms with Crippen LogP contribution in [0.2, 0.25) is 0 Å². The zero-order valence-electron chi connectivity index (χ0n) is 22.8. The van der Waals surface area contributed by atoms with Crippen LogP contribution in [-0.4, -0.2) is 76.1 Å². The predicted octanol–water partition coefficient (Wildman–Crippen LogP) is 4.92. The van der Waals surface area contributed by atoms with Crippen LogP contribution in [0.3, 0.4) is 0 Å². The van der Waals surface area contributed by atoms with Crippen LogP contribution >= 0.6 is 0 Å². The minimum atomic E-state index is -5.08. The lowest BCUT2D eigenvalue weighted by Gasteiger charge is -2.26. The number of anilines is 1. The lowest BCUT2D eigenvalue weighted by Crippen LogP contribution is -2.36. The van der Waals surface area contributed by atoms with Crippen molar-refractivity contribution in [2.24, 2.45) is 0 Å². The third-order valence-corrected chi connectivity index (χ3v) is 6.68. The van der Waals surface area contributed by atoms with Gasteiger partial charge in [-0.05, 0) is 54.4 Å². The van der Waals surface area contributed by atoms with E-state index in [4.69, 9.17) is 29.5 Å². The number of pyridine rings is 2.